The fourth-order valence-electron chi connectivity index (χ4n) is 2.08. The van der Waals surface area contributed by atoms with Crippen LogP contribution >= 0.6 is 0 Å². The molecule has 0 aliphatic rings. The second kappa shape index (κ2) is 7.70. The van der Waals surface area contributed by atoms with Gasteiger partial charge in [0.05, 0.1) is 7.11 Å². The molecule has 0 saturated carbocycles. The third kappa shape index (κ3) is 5.12. The summed E-state index contributed by atoms with van der Waals surface area (Å²) in [7, 11) is 3.77. The predicted octanol–water partition coefficient (Wildman–Crippen LogP) is 3.51. The Balaban J connectivity index is 1.73. The molecule has 0 radical (unpaired) electrons. The Kier molecular flexibility index (Phi) is 5.64. The van der Waals surface area contributed by atoms with Gasteiger partial charge in [0, 0.05) is 13.1 Å². The monoisotopic (exact) mass is 285 g/mol. The van der Waals surface area contributed by atoms with E-state index in [1.165, 1.54) is 11.1 Å². The highest BCUT2D eigenvalue weighted by Crippen LogP contribution is 2.16. The lowest BCUT2D eigenvalue weighted by molar-refractivity contribution is 0.232. The van der Waals surface area contributed by atoms with Crippen LogP contribution in [-0.4, -0.2) is 32.2 Å². The molecule has 0 bridgehead atoms. The van der Waals surface area contributed by atoms with Crippen molar-refractivity contribution in [3.05, 3.63) is 59.7 Å². The Bertz CT molecular complexity index is 534. The standard InChI is InChI=1S/C18H23NO2/c1-15-4-6-16(7-5-15)14-19(2)12-13-21-18-10-8-17(20-3)9-11-18/h4-11H,12-14H2,1-3H3. The Morgan fingerprint density at radius 2 is 1.52 bits per heavy atom. The van der Waals surface area contributed by atoms with Gasteiger partial charge in [-0.1, -0.05) is 29.8 Å². The average Bonchev–Trinajstić information content (AvgIpc) is 2.50. The van der Waals surface area contributed by atoms with Crippen LogP contribution < -0.4 is 9.47 Å². The summed E-state index contributed by atoms with van der Waals surface area (Å²) in [6.07, 6.45) is 0. The highest BCUT2D eigenvalue weighted by molar-refractivity contribution is 5.31. The van der Waals surface area contributed by atoms with Gasteiger partial charge in [-0.25, -0.2) is 0 Å². The van der Waals surface area contributed by atoms with Crippen LogP contribution in [0.2, 0.25) is 0 Å². The van der Waals surface area contributed by atoms with Crippen molar-refractivity contribution in [1.82, 2.24) is 4.90 Å². The molecular formula is C18H23NO2. The van der Waals surface area contributed by atoms with Gasteiger partial charge in [-0.2, -0.15) is 0 Å². The smallest absolute Gasteiger partial charge is 0.119 e. The Hall–Kier alpha value is -2.00. The van der Waals surface area contributed by atoms with E-state index < -0.39 is 0 Å². The summed E-state index contributed by atoms with van der Waals surface area (Å²) in [4.78, 5) is 2.26. The van der Waals surface area contributed by atoms with Gasteiger partial charge in [-0.05, 0) is 43.8 Å². The van der Waals surface area contributed by atoms with Gasteiger partial charge in [0.1, 0.15) is 18.1 Å². The number of benzene rings is 2. The van der Waals surface area contributed by atoms with Crippen molar-refractivity contribution in [3.63, 3.8) is 0 Å². The highest BCUT2D eigenvalue weighted by atomic mass is 16.5. The fraction of sp³-hybridized carbons (Fsp3) is 0.333. The molecule has 3 nitrogen and oxygen atoms in total. The molecule has 21 heavy (non-hydrogen) atoms. The molecule has 0 amide bonds. The fourth-order valence-corrected chi connectivity index (χ4v) is 2.08. The van der Waals surface area contributed by atoms with Crippen LogP contribution in [0.25, 0.3) is 0 Å². The molecule has 0 N–H and O–H groups in total. The van der Waals surface area contributed by atoms with Crippen LogP contribution in [0.3, 0.4) is 0 Å². The zero-order valence-corrected chi connectivity index (χ0v) is 13.0. The summed E-state index contributed by atoms with van der Waals surface area (Å²) < 4.78 is 10.9. The number of rotatable bonds is 7. The maximum Gasteiger partial charge on any atom is 0.119 e. The lowest BCUT2D eigenvalue weighted by atomic mass is 10.1. The van der Waals surface area contributed by atoms with Crippen molar-refractivity contribution < 1.29 is 9.47 Å². The van der Waals surface area contributed by atoms with Crippen molar-refractivity contribution >= 4 is 0 Å². The molecule has 0 atom stereocenters. The molecule has 112 valence electrons. The third-order valence-corrected chi connectivity index (χ3v) is 3.37. The molecule has 2 aromatic rings. The molecule has 3 heteroatoms. The van der Waals surface area contributed by atoms with Crippen LogP contribution in [-0.2, 0) is 6.54 Å². The second-order valence-electron chi connectivity index (χ2n) is 5.25. The molecule has 2 rings (SSSR count). The molecule has 0 aliphatic carbocycles. The summed E-state index contributed by atoms with van der Waals surface area (Å²) in [5.41, 5.74) is 2.62. The number of likely N-dealkylation sites (N-methyl/N-ethyl adjacent to an activating group) is 1. The minimum absolute atomic E-state index is 0.675. The predicted molar refractivity (Wildman–Crippen MR) is 86.0 cm³/mol. The van der Waals surface area contributed by atoms with Gasteiger partial charge in [-0.15, -0.1) is 0 Å². The van der Waals surface area contributed by atoms with Gasteiger partial charge >= 0.3 is 0 Å². The minimum Gasteiger partial charge on any atom is -0.497 e. The first-order chi connectivity index (χ1) is 10.2. The lowest BCUT2D eigenvalue weighted by Gasteiger charge is -2.17. The Morgan fingerprint density at radius 1 is 0.905 bits per heavy atom. The van der Waals surface area contributed by atoms with E-state index in [2.05, 4.69) is 43.1 Å². The van der Waals surface area contributed by atoms with Crippen LogP contribution in [0.4, 0.5) is 0 Å². The molecule has 0 aliphatic heterocycles. The van der Waals surface area contributed by atoms with E-state index in [0.29, 0.717) is 6.61 Å². The van der Waals surface area contributed by atoms with E-state index >= 15 is 0 Å². The summed E-state index contributed by atoms with van der Waals surface area (Å²) in [5.74, 6) is 1.72. The summed E-state index contributed by atoms with van der Waals surface area (Å²) >= 11 is 0. The molecule has 0 unspecified atom stereocenters. The van der Waals surface area contributed by atoms with E-state index in [-0.39, 0.29) is 0 Å². The van der Waals surface area contributed by atoms with Crippen LogP contribution in [0.5, 0.6) is 11.5 Å². The first-order valence-corrected chi connectivity index (χ1v) is 7.18. The number of hydrogen-bond donors (Lipinski definition) is 0. The molecule has 0 saturated heterocycles. The molecule has 0 fully saturated rings. The normalized spacial score (nSPS) is 10.7. The Morgan fingerprint density at radius 3 is 2.14 bits per heavy atom. The van der Waals surface area contributed by atoms with Crippen molar-refractivity contribution in [2.24, 2.45) is 0 Å². The van der Waals surface area contributed by atoms with E-state index in [0.717, 1.165) is 24.6 Å². The SMILES string of the molecule is COc1ccc(OCCN(C)Cc2ccc(C)cc2)cc1. The zero-order chi connectivity index (χ0) is 15.1. The molecule has 2 aromatic carbocycles. The maximum atomic E-state index is 5.74. The number of aryl methyl sites for hydroxylation is 1. The van der Waals surface area contributed by atoms with Gasteiger partial charge in [0.25, 0.3) is 0 Å². The van der Waals surface area contributed by atoms with Gasteiger partial charge in [0.2, 0.25) is 0 Å². The van der Waals surface area contributed by atoms with Crippen molar-refractivity contribution in [1.29, 1.82) is 0 Å². The zero-order valence-electron chi connectivity index (χ0n) is 13.0. The number of hydrogen-bond acceptors (Lipinski definition) is 3. The lowest BCUT2D eigenvalue weighted by Crippen LogP contribution is -2.23. The van der Waals surface area contributed by atoms with E-state index in [4.69, 9.17) is 9.47 Å². The first kappa shape index (κ1) is 15.4. The summed E-state index contributed by atoms with van der Waals surface area (Å²) in [5, 5.41) is 0. The van der Waals surface area contributed by atoms with Gasteiger partial charge in [0.15, 0.2) is 0 Å². The molecule has 0 spiro atoms. The number of nitrogens with zero attached hydrogens (tertiary/aromatic N) is 1. The second-order valence-corrected chi connectivity index (χ2v) is 5.25. The minimum atomic E-state index is 0.675. The van der Waals surface area contributed by atoms with Gasteiger partial charge in [-0.3, -0.25) is 4.90 Å². The van der Waals surface area contributed by atoms with Crippen LogP contribution in [0, 0.1) is 6.92 Å². The summed E-state index contributed by atoms with van der Waals surface area (Å²) in [6.45, 7) is 4.61. The topological polar surface area (TPSA) is 21.7 Å². The van der Waals surface area contributed by atoms with Crippen molar-refractivity contribution in [2.45, 2.75) is 13.5 Å². The first-order valence-electron chi connectivity index (χ1n) is 7.18. The Labute approximate surface area is 127 Å². The molecule has 0 aromatic heterocycles. The maximum absolute atomic E-state index is 5.74. The quantitative estimate of drug-likeness (QED) is 0.777. The highest BCUT2D eigenvalue weighted by Gasteiger charge is 2.01. The van der Waals surface area contributed by atoms with E-state index in [1.807, 2.05) is 24.3 Å². The van der Waals surface area contributed by atoms with Gasteiger partial charge < -0.3 is 9.47 Å². The largest absolute Gasteiger partial charge is 0.497 e. The van der Waals surface area contributed by atoms with Crippen molar-refractivity contribution in [3.8, 4) is 11.5 Å². The third-order valence-electron chi connectivity index (χ3n) is 3.37. The summed E-state index contributed by atoms with van der Waals surface area (Å²) in [6, 6.07) is 16.3. The van der Waals surface area contributed by atoms with Crippen molar-refractivity contribution in [2.75, 3.05) is 27.3 Å². The van der Waals surface area contributed by atoms with Crippen LogP contribution in [0.1, 0.15) is 11.1 Å². The van der Waals surface area contributed by atoms with E-state index in [1.54, 1.807) is 7.11 Å². The van der Waals surface area contributed by atoms with E-state index in [9.17, 15) is 0 Å². The average molecular weight is 285 g/mol. The number of ether oxygens (including phenoxy) is 2. The van der Waals surface area contributed by atoms with Crippen LogP contribution in [0.15, 0.2) is 48.5 Å². The molecule has 0 heterocycles. The number of methoxy groups -OCH3 is 1. The molecular weight excluding hydrogens is 262 g/mol.